The number of piperidine rings is 1. The third-order valence-electron chi connectivity index (χ3n) is 6.17. The standard InChI is InChI=1S/C23H23NO4/c25-22(28-15-16-4-2-1-3-5-16)24-19-7-8-20(24)14-23(26,13-19)18-6-9-21-17(12-18)10-11-27-21/h1-6,9-12,19-20,26H,7-8,13-15H2. The number of carbonyl (C=O) groups is 1. The van der Waals surface area contributed by atoms with Gasteiger partial charge in [0.25, 0.3) is 0 Å². The van der Waals surface area contributed by atoms with E-state index in [1.807, 2.05) is 59.5 Å². The number of hydrogen-bond acceptors (Lipinski definition) is 4. The minimum atomic E-state index is -0.923. The van der Waals surface area contributed by atoms with Gasteiger partial charge >= 0.3 is 6.09 Å². The molecule has 5 rings (SSSR count). The summed E-state index contributed by atoms with van der Waals surface area (Å²) in [7, 11) is 0. The number of carbonyl (C=O) groups excluding carboxylic acids is 1. The fourth-order valence-corrected chi connectivity index (χ4v) is 4.81. The van der Waals surface area contributed by atoms with E-state index in [-0.39, 0.29) is 24.8 Å². The number of benzene rings is 2. The predicted octanol–water partition coefficient (Wildman–Crippen LogP) is 4.58. The van der Waals surface area contributed by atoms with Gasteiger partial charge in [-0.25, -0.2) is 4.79 Å². The number of rotatable bonds is 3. The van der Waals surface area contributed by atoms with Crippen molar-refractivity contribution in [1.29, 1.82) is 0 Å². The molecule has 2 bridgehead atoms. The second-order valence-corrected chi connectivity index (χ2v) is 7.95. The first-order chi connectivity index (χ1) is 13.6. The molecule has 5 nitrogen and oxygen atoms in total. The lowest BCUT2D eigenvalue weighted by Gasteiger charge is -2.43. The normalized spacial score (nSPS) is 26.5. The maximum absolute atomic E-state index is 12.7. The van der Waals surface area contributed by atoms with Crippen LogP contribution in [-0.2, 0) is 16.9 Å². The van der Waals surface area contributed by atoms with Crippen LogP contribution in [-0.4, -0.2) is 28.2 Å². The Bertz CT molecular complexity index is 982. The van der Waals surface area contributed by atoms with Gasteiger partial charge in [0, 0.05) is 30.3 Å². The van der Waals surface area contributed by atoms with E-state index in [0.29, 0.717) is 12.8 Å². The van der Waals surface area contributed by atoms with E-state index in [1.54, 1.807) is 6.26 Å². The van der Waals surface area contributed by atoms with Crippen molar-refractivity contribution < 1.29 is 19.1 Å². The molecule has 0 saturated carbocycles. The number of fused-ring (bicyclic) bond motifs is 3. The number of amides is 1. The van der Waals surface area contributed by atoms with Gasteiger partial charge in [0.2, 0.25) is 0 Å². The van der Waals surface area contributed by atoms with E-state index < -0.39 is 5.60 Å². The van der Waals surface area contributed by atoms with E-state index in [2.05, 4.69) is 0 Å². The molecule has 1 aromatic heterocycles. The second-order valence-electron chi connectivity index (χ2n) is 7.95. The van der Waals surface area contributed by atoms with Crippen LogP contribution >= 0.6 is 0 Å². The van der Waals surface area contributed by atoms with Gasteiger partial charge < -0.3 is 19.2 Å². The fraction of sp³-hybridized carbons (Fsp3) is 0.348. The molecule has 2 fully saturated rings. The highest BCUT2D eigenvalue weighted by atomic mass is 16.6. The molecule has 2 aliphatic rings. The first-order valence-corrected chi connectivity index (χ1v) is 9.81. The molecule has 0 aliphatic carbocycles. The molecule has 28 heavy (non-hydrogen) atoms. The Balaban J connectivity index is 1.32. The Kier molecular flexibility index (Phi) is 4.13. The Morgan fingerprint density at radius 1 is 1.11 bits per heavy atom. The zero-order chi connectivity index (χ0) is 19.1. The van der Waals surface area contributed by atoms with Crippen LogP contribution in [0.25, 0.3) is 11.0 Å². The Labute approximate surface area is 163 Å². The van der Waals surface area contributed by atoms with Crippen molar-refractivity contribution in [3.63, 3.8) is 0 Å². The number of hydrogen-bond donors (Lipinski definition) is 1. The van der Waals surface area contributed by atoms with E-state index in [1.165, 1.54) is 0 Å². The summed E-state index contributed by atoms with van der Waals surface area (Å²) in [6.07, 6.45) is 4.26. The van der Waals surface area contributed by atoms with Crippen LogP contribution in [0.5, 0.6) is 0 Å². The summed E-state index contributed by atoms with van der Waals surface area (Å²) < 4.78 is 11.0. The summed E-state index contributed by atoms with van der Waals surface area (Å²) in [6.45, 7) is 0.275. The second kappa shape index (κ2) is 6.67. The van der Waals surface area contributed by atoms with E-state index in [9.17, 15) is 9.90 Å². The number of furan rings is 1. The Hall–Kier alpha value is -2.79. The molecule has 1 N–H and O–H groups in total. The molecule has 3 aromatic rings. The van der Waals surface area contributed by atoms with Crippen LogP contribution in [0.4, 0.5) is 4.79 Å². The molecule has 144 valence electrons. The predicted molar refractivity (Wildman–Crippen MR) is 105 cm³/mol. The average Bonchev–Trinajstić information content (AvgIpc) is 3.29. The van der Waals surface area contributed by atoms with Crippen LogP contribution in [0.1, 0.15) is 36.8 Å². The van der Waals surface area contributed by atoms with Gasteiger partial charge in [-0.2, -0.15) is 0 Å². The number of aliphatic hydroxyl groups is 1. The highest BCUT2D eigenvalue weighted by Crippen LogP contribution is 2.46. The van der Waals surface area contributed by atoms with Crippen LogP contribution < -0.4 is 0 Å². The Morgan fingerprint density at radius 3 is 2.61 bits per heavy atom. The van der Waals surface area contributed by atoms with Gasteiger partial charge in [-0.1, -0.05) is 36.4 Å². The van der Waals surface area contributed by atoms with Crippen molar-refractivity contribution >= 4 is 17.1 Å². The van der Waals surface area contributed by atoms with E-state index >= 15 is 0 Å². The average molecular weight is 377 g/mol. The van der Waals surface area contributed by atoms with Crippen LogP contribution in [0.2, 0.25) is 0 Å². The molecule has 3 heterocycles. The van der Waals surface area contributed by atoms with Crippen molar-refractivity contribution in [2.24, 2.45) is 0 Å². The maximum atomic E-state index is 12.7. The molecule has 2 unspecified atom stereocenters. The van der Waals surface area contributed by atoms with Gasteiger partial charge in [0.05, 0.1) is 11.9 Å². The first kappa shape index (κ1) is 17.3. The highest BCUT2D eigenvalue weighted by Gasteiger charge is 2.50. The van der Waals surface area contributed by atoms with Gasteiger partial charge in [-0.05, 0) is 42.2 Å². The largest absolute Gasteiger partial charge is 0.464 e. The third kappa shape index (κ3) is 2.96. The van der Waals surface area contributed by atoms with Crippen molar-refractivity contribution in [2.75, 3.05) is 0 Å². The lowest BCUT2D eigenvalue weighted by molar-refractivity contribution is -0.0536. The van der Waals surface area contributed by atoms with Crippen LogP contribution in [0.3, 0.4) is 0 Å². The van der Waals surface area contributed by atoms with Gasteiger partial charge in [0.1, 0.15) is 12.2 Å². The quantitative estimate of drug-likeness (QED) is 0.725. The van der Waals surface area contributed by atoms with Crippen LogP contribution in [0, 0.1) is 0 Å². The van der Waals surface area contributed by atoms with Crippen molar-refractivity contribution in [3.05, 3.63) is 72.0 Å². The molecular weight excluding hydrogens is 354 g/mol. The molecule has 1 amide bonds. The summed E-state index contributed by atoms with van der Waals surface area (Å²) in [5.74, 6) is 0. The Morgan fingerprint density at radius 2 is 1.86 bits per heavy atom. The summed E-state index contributed by atoms with van der Waals surface area (Å²) in [4.78, 5) is 14.6. The first-order valence-electron chi connectivity index (χ1n) is 9.81. The maximum Gasteiger partial charge on any atom is 0.410 e. The van der Waals surface area contributed by atoms with Crippen molar-refractivity contribution in [2.45, 2.75) is 50.0 Å². The van der Waals surface area contributed by atoms with Crippen LogP contribution in [0.15, 0.2) is 65.3 Å². The SMILES string of the molecule is O=C(OCc1ccccc1)N1C2CCC1CC(O)(c1ccc3occc3c1)C2. The monoisotopic (exact) mass is 377 g/mol. The lowest BCUT2D eigenvalue weighted by Crippen LogP contribution is -2.52. The van der Waals surface area contributed by atoms with Crippen molar-refractivity contribution in [1.82, 2.24) is 4.90 Å². The minimum absolute atomic E-state index is 0.00655. The lowest BCUT2D eigenvalue weighted by atomic mass is 9.80. The summed E-state index contributed by atoms with van der Waals surface area (Å²) in [5.41, 5.74) is 1.77. The molecule has 0 spiro atoms. The zero-order valence-electron chi connectivity index (χ0n) is 15.6. The molecule has 5 heteroatoms. The zero-order valence-corrected chi connectivity index (χ0v) is 15.6. The highest BCUT2D eigenvalue weighted by molar-refractivity contribution is 5.78. The van der Waals surface area contributed by atoms with Crippen molar-refractivity contribution in [3.8, 4) is 0 Å². The summed E-state index contributed by atoms with van der Waals surface area (Å²) in [5, 5.41) is 12.4. The molecule has 2 aromatic carbocycles. The van der Waals surface area contributed by atoms with E-state index in [4.69, 9.17) is 9.15 Å². The molecule has 0 radical (unpaired) electrons. The minimum Gasteiger partial charge on any atom is -0.464 e. The van der Waals surface area contributed by atoms with E-state index in [0.717, 1.165) is 34.9 Å². The smallest absolute Gasteiger partial charge is 0.410 e. The molecule has 2 aliphatic heterocycles. The summed E-state index contributed by atoms with van der Waals surface area (Å²) >= 11 is 0. The fourth-order valence-electron chi connectivity index (χ4n) is 4.81. The molecular formula is C23H23NO4. The van der Waals surface area contributed by atoms with Gasteiger partial charge in [-0.15, -0.1) is 0 Å². The summed E-state index contributed by atoms with van der Waals surface area (Å²) in [6, 6.07) is 17.5. The molecule has 2 atom stereocenters. The number of ether oxygens (including phenoxy) is 1. The topological polar surface area (TPSA) is 62.9 Å². The van der Waals surface area contributed by atoms with Gasteiger partial charge in [-0.3, -0.25) is 0 Å². The number of nitrogens with zero attached hydrogens (tertiary/aromatic N) is 1. The molecule has 2 saturated heterocycles. The van der Waals surface area contributed by atoms with Gasteiger partial charge in [0.15, 0.2) is 0 Å². The third-order valence-corrected chi connectivity index (χ3v) is 6.17.